The molecule has 2 atom stereocenters. The van der Waals surface area contributed by atoms with Crippen LogP contribution >= 0.6 is 23.6 Å². The number of thiophene rings is 1. The molecule has 1 saturated heterocycles. The first-order valence-electron chi connectivity index (χ1n) is 9.87. The summed E-state index contributed by atoms with van der Waals surface area (Å²) in [4.78, 5) is 16.2. The number of nitrogens with zero attached hydrogens (tertiary/aromatic N) is 1. The van der Waals surface area contributed by atoms with Crippen LogP contribution in [-0.2, 0) is 17.6 Å². The van der Waals surface area contributed by atoms with Gasteiger partial charge in [-0.15, -0.1) is 11.3 Å². The van der Waals surface area contributed by atoms with Crippen molar-refractivity contribution in [2.45, 2.75) is 59.3 Å². The third kappa shape index (κ3) is 4.39. The molecule has 1 N–H and O–H groups in total. The lowest BCUT2D eigenvalue weighted by Crippen LogP contribution is -2.44. The van der Waals surface area contributed by atoms with E-state index in [1.165, 1.54) is 29.7 Å². The summed E-state index contributed by atoms with van der Waals surface area (Å²) in [5.74, 6) is 1.07. The van der Waals surface area contributed by atoms with E-state index in [0.717, 1.165) is 48.0 Å². The van der Waals surface area contributed by atoms with Crippen LogP contribution < -0.4 is 5.32 Å². The van der Waals surface area contributed by atoms with E-state index in [-0.39, 0.29) is 5.97 Å². The standard InChI is InChI=1S/C20H30N2O2S2/c1-4-24-19(23)17-15-8-6-5-7-9-16(15)26-18(17)21-20(25)22-11-13(2)10-14(3)12-22/h13-14H,4-12H2,1-3H3,(H,21,25). The van der Waals surface area contributed by atoms with E-state index < -0.39 is 0 Å². The molecule has 2 unspecified atom stereocenters. The average molecular weight is 395 g/mol. The summed E-state index contributed by atoms with van der Waals surface area (Å²) in [5.41, 5.74) is 1.92. The van der Waals surface area contributed by atoms with Crippen LogP contribution in [0.1, 0.15) is 67.3 Å². The molecule has 4 nitrogen and oxygen atoms in total. The van der Waals surface area contributed by atoms with E-state index in [4.69, 9.17) is 17.0 Å². The molecule has 3 rings (SSSR count). The molecule has 1 aromatic heterocycles. The van der Waals surface area contributed by atoms with Gasteiger partial charge in [0.25, 0.3) is 0 Å². The van der Waals surface area contributed by atoms with Crippen LogP contribution in [0.15, 0.2) is 0 Å². The van der Waals surface area contributed by atoms with E-state index in [1.54, 1.807) is 11.3 Å². The molecular weight excluding hydrogens is 364 g/mol. The summed E-state index contributed by atoms with van der Waals surface area (Å²) in [6, 6.07) is 0. The normalized spacial score (nSPS) is 23.1. The van der Waals surface area contributed by atoms with Crippen molar-refractivity contribution in [1.82, 2.24) is 4.90 Å². The predicted octanol–water partition coefficient (Wildman–Crippen LogP) is 4.87. The number of likely N-dealkylation sites (tertiary alicyclic amines) is 1. The number of hydrogen-bond donors (Lipinski definition) is 1. The molecule has 6 heteroatoms. The average Bonchev–Trinajstić information content (AvgIpc) is 2.75. The Bertz CT molecular complexity index is 661. The third-order valence-electron chi connectivity index (χ3n) is 5.28. The molecule has 0 amide bonds. The zero-order valence-electron chi connectivity index (χ0n) is 16.1. The number of piperidine rings is 1. The molecule has 0 bridgehead atoms. The summed E-state index contributed by atoms with van der Waals surface area (Å²) in [7, 11) is 0. The van der Waals surface area contributed by atoms with E-state index in [9.17, 15) is 4.79 Å². The highest BCUT2D eigenvalue weighted by atomic mass is 32.1. The SMILES string of the molecule is CCOC(=O)c1c(NC(=S)N2CC(C)CC(C)C2)sc2c1CCCCC2. The van der Waals surface area contributed by atoms with Gasteiger partial charge in [0.2, 0.25) is 0 Å². The minimum Gasteiger partial charge on any atom is -0.462 e. The van der Waals surface area contributed by atoms with Gasteiger partial charge in [-0.3, -0.25) is 0 Å². The molecule has 0 radical (unpaired) electrons. The number of carbonyl (C=O) groups is 1. The smallest absolute Gasteiger partial charge is 0.341 e. The van der Waals surface area contributed by atoms with Crippen LogP contribution in [0.4, 0.5) is 5.00 Å². The zero-order chi connectivity index (χ0) is 18.7. The number of nitrogens with one attached hydrogen (secondary N) is 1. The summed E-state index contributed by atoms with van der Waals surface area (Å²) < 4.78 is 5.37. The predicted molar refractivity (Wildman–Crippen MR) is 112 cm³/mol. The van der Waals surface area contributed by atoms with Gasteiger partial charge in [-0.1, -0.05) is 20.3 Å². The van der Waals surface area contributed by atoms with Gasteiger partial charge in [0.05, 0.1) is 12.2 Å². The molecule has 1 aromatic rings. The fourth-order valence-corrected chi connectivity index (χ4v) is 5.85. The molecule has 1 fully saturated rings. The highest BCUT2D eigenvalue weighted by molar-refractivity contribution is 7.80. The maximum Gasteiger partial charge on any atom is 0.341 e. The maximum absolute atomic E-state index is 12.7. The molecule has 0 aromatic carbocycles. The highest BCUT2D eigenvalue weighted by Crippen LogP contribution is 2.38. The van der Waals surface area contributed by atoms with Crippen LogP contribution in [0.2, 0.25) is 0 Å². The van der Waals surface area contributed by atoms with Crippen LogP contribution in [0.3, 0.4) is 0 Å². The Morgan fingerprint density at radius 3 is 2.62 bits per heavy atom. The first-order chi connectivity index (χ1) is 12.5. The van der Waals surface area contributed by atoms with Crippen LogP contribution in [0.25, 0.3) is 0 Å². The number of esters is 1. The van der Waals surface area contributed by atoms with Gasteiger partial charge in [-0.05, 0) is 68.6 Å². The monoisotopic (exact) mass is 394 g/mol. The lowest BCUT2D eigenvalue weighted by atomic mass is 9.92. The van der Waals surface area contributed by atoms with E-state index >= 15 is 0 Å². The topological polar surface area (TPSA) is 41.6 Å². The van der Waals surface area contributed by atoms with Crippen molar-refractivity contribution in [3.8, 4) is 0 Å². The van der Waals surface area contributed by atoms with Gasteiger partial charge < -0.3 is 15.0 Å². The van der Waals surface area contributed by atoms with E-state index in [2.05, 4.69) is 24.1 Å². The van der Waals surface area contributed by atoms with E-state index in [0.29, 0.717) is 18.4 Å². The van der Waals surface area contributed by atoms with Crippen molar-refractivity contribution in [3.63, 3.8) is 0 Å². The molecule has 26 heavy (non-hydrogen) atoms. The Morgan fingerprint density at radius 2 is 1.92 bits per heavy atom. The Labute approximate surface area is 166 Å². The Morgan fingerprint density at radius 1 is 1.23 bits per heavy atom. The third-order valence-corrected chi connectivity index (χ3v) is 6.84. The summed E-state index contributed by atoms with van der Waals surface area (Å²) >= 11 is 7.41. The second-order valence-corrected chi connectivity index (χ2v) is 9.26. The van der Waals surface area contributed by atoms with Gasteiger partial charge in [0.15, 0.2) is 5.11 Å². The van der Waals surface area contributed by atoms with Gasteiger partial charge in [0.1, 0.15) is 5.00 Å². The van der Waals surface area contributed by atoms with Crippen molar-refractivity contribution in [3.05, 3.63) is 16.0 Å². The number of rotatable bonds is 3. The first-order valence-corrected chi connectivity index (χ1v) is 11.1. The van der Waals surface area contributed by atoms with Crippen molar-refractivity contribution < 1.29 is 9.53 Å². The van der Waals surface area contributed by atoms with E-state index in [1.807, 2.05) is 6.92 Å². The number of carbonyl (C=O) groups excluding carboxylic acids is 1. The Kier molecular flexibility index (Phi) is 6.56. The fourth-order valence-electron chi connectivity index (χ4n) is 4.25. The largest absolute Gasteiger partial charge is 0.462 e. The Balaban J connectivity index is 1.84. The molecule has 144 valence electrons. The number of aryl methyl sites for hydroxylation is 1. The molecule has 2 aliphatic rings. The number of ether oxygens (including phenoxy) is 1. The minimum absolute atomic E-state index is 0.211. The first kappa shape index (κ1) is 19.6. The van der Waals surface area contributed by atoms with Gasteiger partial charge in [-0.25, -0.2) is 4.79 Å². The number of thiocarbonyl (C=S) groups is 1. The van der Waals surface area contributed by atoms with Crippen LogP contribution in [-0.4, -0.2) is 35.7 Å². The fraction of sp³-hybridized carbons (Fsp3) is 0.700. The molecule has 2 heterocycles. The molecule has 0 saturated carbocycles. The van der Waals surface area contributed by atoms with Gasteiger partial charge in [-0.2, -0.15) is 0 Å². The van der Waals surface area contributed by atoms with Crippen molar-refractivity contribution >= 4 is 39.6 Å². The molecule has 0 spiro atoms. The summed E-state index contributed by atoms with van der Waals surface area (Å²) in [6.07, 6.45) is 6.84. The maximum atomic E-state index is 12.7. The number of hydrogen-bond acceptors (Lipinski definition) is 4. The zero-order valence-corrected chi connectivity index (χ0v) is 17.7. The number of fused-ring (bicyclic) bond motifs is 1. The highest BCUT2D eigenvalue weighted by Gasteiger charge is 2.28. The lowest BCUT2D eigenvalue weighted by molar-refractivity contribution is 0.0527. The number of anilines is 1. The van der Waals surface area contributed by atoms with Crippen molar-refractivity contribution in [2.24, 2.45) is 11.8 Å². The van der Waals surface area contributed by atoms with Crippen molar-refractivity contribution in [2.75, 3.05) is 25.0 Å². The summed E-state index contributed by atoms with van der Waals surface area (Å²) in [5, 5.41) is 5.04. The Hall–Kier alpha value is -1.14. The molecule has 1 aliphatic heterocycles. The van der Waals surface area contributed by atoms with Gasteiger partial charge >= 0.3 is 5.97 Å². The second-order valence-electron chi connectivity index (χ2n) is 7.77. The van der Waals surface area contributed by atoms with Crippen LogP contribution in [0.5, 0.6) is 0 Å². The molecular formula is C20H30N2O2S2. The minimum atomic E-state index is -0.211. The molecule has 1 aliphatic carbocycles. The van der Waals surface area contributed by atoms with Crippen LogP contribution in [0, 0.1) is 11.8 Å². The summed E-state index contributed by atoms with van der Waals surface area (Å²) in [6.45, 7) is 8.78. The van der Waals surface area contributed by atoms with Crippen molar-refractivity contribution in [1.29, 1.82) is 0 Å². The second kappa shape index (κ2) is 8.70. The lowest BCUT2D eigenvalue weighted by Gasteiger charge is -2.36. The van der Waals surface area contributed by atoms with Gasteiger partial charge in [0, 0.05) is 18.0 Å². The quantitative estimate of drug-likeness (QED) is 0.450.